The minimum absolute atomic E-state index is 0.0142. The molecule has 0 aliphatic carbocycles. The maximum Gasteiger partial charge on any atom is 0.416 e. The van der Waals surface area contributed by atoms with Crippen molar-refractivity contribution in [1.29, 1.82) is 0 Å². The smallest absolute Gasteiger partial charge is 0.416 e. The summed E-state index contributed by atoms with van der Waals surface area (Å²) in [6.45, 7) is 3.29. The number of hydrogen-bond donors (Lipinski definition) is 1. The van der Waals surface area contributed by atoms with E-state index in [0.29, 0.717) is 23.5 Å². The normalized spacial score (nSPS) is 21.7. The van der Waals surface area contributed by atoms with E-state index in [2.05, 4.69) is 10.1 Å². The second kappa shape index (κ2) is 6.19. The standard InChI is InChI=1S/C19H18F3N3O3S/c1-11-7-13(19(20,21)22)8-15(26)16(11)14-4-3-12-9-25(24-17(12)23-14)18(2)5-6-29(27,28)10-18/h3-4,7-9,26H,5-6,10H2,1-2H3/t18-/m1/s1. The highest BCUT2D eigenvalue weighted by atomic mass is 32.2. The number of phenolic OH excluding ortho intramolecular Hbond substituents is 1. The molecule has 1 aliphatic rings. The van der Waals surface area contributed by atoms with Crippen molar-refractivity contribution in [2.45, 2.75) is 32.0 Å². The number of aromatic hydroxyl groups is 1. The molecule has 154 valence electrons. The maximum absolute atomic E-state index is 12.9. The fourth-order valence-electron chi connectivity index (χ4n) is 3.76. The number of hydrogen-bond acceptors (Lipinski definition) is 5. The number of aryl methyl sites for hydroxylation is 1. The van der Waals surface area contributed by atoms with E-state index in [1.807, 2.05) is 6.92 Å². The van der Waals surface area contributed by atoms with E-state index in [-0.39, 0.29) is 28.3 Å². The molecule has 3 aromatic rings. The number of pyridine rings is 1. The Labute approximate surface area is 164 Å². The molecule has 0 saturated carbocycles. The molecule has 2 aromatic heterocycles. The molecular formula is C19H18F3N3O3S. The summed E-state index contributed by atoms with van der Waals surface area (Å²) in [5.41, 5.74) is -0.563. The summed E-state index contributed by atoms with van der Waals surface area (Å²) in [5.74, 6) is -0.436. The van der Waals surface area contributed by atoms with Crippen LogP contribution in [0.2, 0.25) is 0 Å². The number of benzene rings is 1. The van der Waals surface area contributed by atoms with Crippen LogP contribution in [0.1, 0.15) is 24.5 Å². The summed E-state index contributed by atoms with van der Waals surface area (Å²) in [6, 6.07) is 4.93. The highest BCUT2D eigenvalue weighted by molar-refractivity contribution is 7.91. The van der Waals surface area contributed by atoms with E-state index in [1.165, 1.54) is 6.92 Å². The predicted octanol–water partition coefficient (Wildman–Crippen LogP) is 3.66. The lowest BCUT2D eigenvalue weighted by Crippen LogP contribution is -2.31. The van der Waals surface area contributed by atoms with E-state index >= 15 is 0 Å². The molecule has 0 bridgehead atoms. The summed E-state index contributed by atoms with van der Waals surface area (Å²) in [7, 11) is -3.12. The molecule has 10 heteroatoms. The zero-order valence-electron chi connectivity index (χ0n) is 15.7. The van der Waals surface area contributed by atoms with Crippen LogP contribution in [-0.4, -0.2) is 39.8 Å². The number of sulfone groups is 1. The quantitative estimate of drug-likeness (QED) is 0.677. The molecule has 4 rings (SSSR count). The zero-order valence-corrected chi connectivity index (χ0v) is 16.5. The van der Waals surface area contributed by atoms with Gasteiger partial charge in [-0.05, 0) is 50.1 Å². The molecule has 1 fully saturated rings. The molecule has 6 nitrogen and oxygen atoms in total. The van der Waals surface area contributed by atoms with Crippen LogP contribution in [0.4, 0.5) is 13.2 Å². The van der Waals surface area contributed by atoms with Gasteiger partial charge in [0.1, 0.15) is 5.75 Å². The Morgan fingerprint density at radius 2 is 1.97 bits per heavy atom. The van der Waals surface area contributed by atoms with Crippen molar-refractivity contribution in [2.75, 3.05) is 11.5 Å². The molecule has 1 atom stereocenters. The molecule has 0 spiro atoms. The van der Waals surface area contributed by atoms with Crippen LogP contribution >= 0.6 is 0 Å². The van der Waals surface area contributed by atoms with Gasteiger partial charge in [-0.3, -0.25) is 4.68 Å². The lowest BCUT2D eigenvalue weighted by Gasteiger charge is -2.22. The number of fused-ring (bicyclic) bond motifs is 1. The summed E-state index contributed by atoms with van der Waals surface area (Å²) in [6.07, 6.45) is -2.41. The minimum Gasteiger partial charge on any atom is -0.507 e. The van der Waals surface area contributed by atoms with Gasteiger partial charge in [-0.1, -0.05) is 0 Å². The molecule has 0 amide bonds. The minimum atomic E-state index is -4.56. The van der Waals surface area contributed by atoms with Crippen LogP contribution in [0.3, 0.4) is 0 Å². The van der Waals surface area contributed by atoms with Crippen LogP contribution in [0, 0.1) is 6.92 Å². The van der Waals surface area contributed by atoms with Gasteiger partial charge in [0.25, 0.3) is 0 Å². The fourth-order valence-corrected chi connectivity index (χ4v) is 5.88. The zero-order chi connectivity index (χ0) is 21.2. The highest BCUT2D eigenvalue weighted by Crippen LogP contribution is 2.39. The predicted molar refractivity (Wildman–Crippen MR) is 101 cm³/mol. The average Bonchev–Trinajstić information content (AvgIpc) is 3.14. The van der Waals surface area contributed by atoms with Crippen molar-refractivity contribution < 1.29 is 26.7 Å². The van der Waals surface area contributed by atoms with Gasteiger partial charge in [0.05, 0.1) is 28.3 Å². The molecular weight excluding hydrogens is 407 g/mol. The third-order valence-electron chi connectivity index (χ3n) is 5.30. The van der Waals surface area contributed by atoms with E-state index < -0.39 is 32.9 Å². The van der Waals surface area contributed by atoms with Crippen molar-refractivity contribution in [2.24, 2.45) is 0 Å². The van der Waals surface area contributed by atoms with Crippen molar-refractivity contribution in [1.82, 2.24) is 14.8 Å². The molecule has 29 heavy (non-hydrogen) atoms. The van der Waals surface area contributed by atoms with Gasteiger partial charge in [0.2, 0.25) is 0 Å². The summed E-state index contributed by atoms with van der Waals surface area (Å²) in [4.78, 5) is 4.40. The Kier molecular flexibility index (Phi) is 4.20. The van der Waals surface area contributed by atoms with E-state index in [9.17, 15) is 26.7 Å². The molecule has 1 N–H and O–H groups in total. The van der Waals surface area contributed by atoms with Crippen molar-refractivity contribution in [3.63, 3.8) is 0 Å². The van der Waals surface area contributed by atoms with Crippen molar-refractivity contribution in [3.8, 4) is 17.0 Å². The SMILES string of the molecule is Cc1cc(C(F)(F)F)cc(O)c1-c1ccc2cn([C@]3(C)CCS(=O)(=O)C3)nc2n1. The molecule has 1 saturated heterocycles. The van der Waals surface area contributed by atoms with Crippen molar-refractivity contribution >= 4 is 20.9 Å². The Balaban J connectivity index is 1.78. The number of nitrogens with zero attached hydrogens (tertiary/aromatic N) is 3. The number of rotatable bonds is 2. The van der Waals surface area contributed by atoms with Crippen LogP contribution in [0.25, 0.3) is 22.3 Å². The fraction of sp³-hybridized carbons (Fsp3) is 0.368. The van der Waals surface area contributed by atoms with Crippen LogP contribution in [0.15, 0.2) is 30.5 Å². The van der Waals surface area contributed by atoms with Gasteiger partial charge in [-0.15, -0.1) is 0 Å². The van der Waals surface area contributed by atoms with Crippen LogP contribution in [-0.2, 0) is 21.6 Å². The van der Waals surface area contributed by atoms with Gasteiger partial charge in [0.15, 0.2) is 15.5 Å². The first-order valence-electron chi connectivity index (χ1n) is 8.87. The van der Waals surface area contributed by atoms with Crippen LogP contribution in [0.5, 0.6) is 5.75 Å². The Morgan fingerprint density at radius 3 is 2.55 bits per heavy atom. The largest absolute Gasteiger partial charge is 0.507 e. The number of phenols is 1. The van der Waals surface area contributed by atoms with E-state index in [0.717, 1.165) is 6.07 Å². The molecule has 3 heterocycles. The lowest BCUT2D eigenvalue weighted by atomic mass is 10.00. The first-order valence-corrected chi connectivity index (χ1v) is 10.7. The van der Waals surface area contributed by atoms with Gasteiger partial charge < -0.3 is 5.11 Å². The third-order valence-corrected chi connectivity index (χ3v) is 7.19. The Bertz CT molecular complexity index is 1210. The molecule has 1 aliphatic heterocycles. The first kappa shape index (κ1) is 19.7. The topological polar surface area (TPSA) is 85.1 Å². The first-order chi connectivity index (χ1) is 13.4. The number of alkyl halides is 3. The van der Waals surface area contributed by atoms with Gasteiger partial charge in [-0.25, -0.2) is 13.4 Å². The van der Waals surface area contributed by atoms with E-state index in [4.69, 9.17) is 0 Å². The van der Waals surface area contributed by atoms with Crippen LogP contribution < -0.4 is 0 Å². The third kappa shape index (κ3) is 3.45. The van der Waals surface area contributed by atoms with E-state index in [1.54, 1.807) is 23.0 Å². The maximum atomic E-state index is 12.9. The monoisotopic (exact) mass is 425 g/mol. The lowest BCUT2D eigenvalue weighted by molar-refractivity contribution is -0.137. The van der Waals surface area contributed by atoms with Gasteiger partial charge in [-0.2, -0.15) is 18.3 Å². The van der Waals surface area contributed by atoms with Gasteiger partial charge >= 0.3 is 6.18 Å². The Morgan fingerprint density at radius 1 is 1.24 bits per heavy atom. The Hall–Kier alpha value is -2.62. The average molecular weight is 425 g/mol. The second-order valence-corrected chi connectivity index (χ2v) is 9.89. The van der Waals surface area contributed by atoms with Gasteiger partial charge in [0, 0.05) is 17.1 Å². The molecule has 0 radical (unpaired) electrons. The number of halogens is 3. The second-order valence-electron chi connectivity index (χ2n) is 7.71. The summed E-state index contributed by atoms with van der Waals surface area (Å²) < 4.78 is 64.2. The molecule has 0 unspecified atom stereocenters. The summed E-state index contributed by atoms with van der Waals surface area (Å²) >= 11 is 0. The number of aromatic nitrogens is 3. The highest BCUT2D eigenvalue weighted by Gasteiger charge is 2.40. The summed E-state index contributed by atoms with van der Waals surface area (Å²) in [5, 5.41) is 15.3. The molecule has 1 aromatic carbocycles. The van der Waals surface area contributed by atoms with Crippen molar-refractivity contribution in [3.05, 3.63) is 41.6 Å².